The molecule has 0 fully saturated rings. The van der Waals surface area contributed by atoms with E-state index in [0.29, 0.717) is 5.65 Å². The van der Waals surface area contributed by atoms with E-state index in [0.717, 1.165) is 11.1 Å². The third-order valence-corrected chi connectivity index (χ3v) is 2.81. The molecular formula is C14H13N3O4. The van der Waals surface area contributed by atoms with Gasteiger partial charge in [-0.3, -0.25) is 18.8 Å². The van der Waals surface area contributed by atoms with Gasteiger partial charge in [-0.15, -0.1) is 6.58 Å². The van der Waals surface area contributed by atoms with E-state index in [1.54, 1.807) is 18.2 Å². The highest BCUT2D eigenvalue weighted by Gasteiger charge is 2.21. The predicted octanol–water partition coefficient (Wildman–Crippen LogP) is 0.407. The molecule has 1 amide bonds. The normalized spacial score (nSPS) is 10.3. The van der Waals surface area contributed by atoms with Crippen LogP contribution in [0, 0.1) is 0 Å². The van der Waals surface area contributed by atoms with Crippen molar-refractivity contribution in [2.45, 2.75) is 0 Å². The van der Waals surface area contributed by atoms with Crippen LogP contribution in [0.1, 0.15) is 10.4 Å². The fraction of sp³-hybridized carbons (Fsp3) is 0.143. The molecule has 1 N–H and O–H groups in total. The maximum atomic E-state index is 12.3. The molecule has 0 atom stereocenters. The lowest BCUT2D eigenvalue weighted by molar-refractivity contribution is -0.137. The van der Waals surface area contributed by atoms with Crippen LogP contribution in [0.2, 0.25) is 0 Å². The first-order valence-corrected chi connectivity index (χ1v) is 6.13. The largest absolute Gasteiger partial charge is 0.480 e. The van der Waals surface area contributed by atoms with E-state index in [2.05, 4.69) is 11.6 Å². The summed E-state index contributed by atoms with van der Waals surface area (Å²) in [5.74, 6) is -1.85. The molecule has 21 heavy (non-hydrogen) atoms. The zero-order valence-corrected chi connectivity index (χ0v) is 11.1. The van der Waals surface area contributed by atoms with Crippen molar-refractivity contribution in [3.8, 4) is 0 Å². The minimum Gasteiger partial charge on any atom is -0.480 e. The molecule has 2 aromatic rings. The highest BCUT2D eigenvalue weighted by molar-refractivity contribution is 5.95. The number of carboxylic acids is 1. The Hall–Kier alpha value is -2.96. The maximum absolute atomic E-state index is 12.3. The summed E-state index contributed by atoms with van der Waals surface area (Å²) in [5, 5.41) is 8.82. The first-order valence-electron chi connectivity index (χ1n) is 6.13. The summed E-state index contributed by atoms with van der Waals surface area (Å²) in [4.78, 5) is 40.4. The van der Waals surface area contributed by atoms with Crippen molar-refractivity contribution in [1.82, 2.24) is 14.3 Å². The van der Waals surface area contributed by atoms with E-state index in [1.165, 1.54) is 16.7 Å². The third-order valence-electron chi connectivity index (χ3n) is 2.81. The summed E-state index contributed by atoms with van der Waals surface area (Å²) in [6.07, 6.45) is 4.06. The number of carboxylic acid groups (broad SMARTS) is 1. The molecule has 0 radical (unpaired) electrons. The molecule has 0 spiro atoms. The topological polar surface area (TPSA) is 92.0 Å². The number of carbonyl (C=O) groups excluding carboxylic acids is 1. The van der Waals surface area contributed by atoms with Crippen LogP contribution in [-0.4, -0.2) is 44.4 Å². The van der Waals surface area contributed by atoms with E-state index in [9.17, 15) is 14.4 Å². The SMILES string of the molecule is C=CCN(CC(=O)O)C(=O)c1cnc2ccccn2c1=O. The molecule has 0 saturated carbocycles. The van der Waals surface area contributed by atoms with Gasteiger partial charge in [0.05, 0.1) is 0 Å². The molecule has 0 bridgehead atoms. The van der Waals surface area contributed by atoms with E-state index >= 15 is 0 Å². The molecule has 0 unspecified atom stereocenters. The average Bonchev–Trinajstić information content (AvgIpc) is 2.46. The Kier molecular flexibility index (Phi) is 4.13. The molecule has 7 nitrogen and oxygen atoms in total. The third kappa shape index (κ3) is 2.97. The number of amides is 1. The van der Waals surface area contributed by atoms with Crippen molar-refractivity contribution in [3.63, 3.8) is 0 Å². The number of aromatic nitrogens is 2. The average molecular weight is 287 g/mol. The molecular weight excluding hydrogens is 274 g/mol. The Morgan fingerprint density at radius 2 is 2.19 bits per heavy atom. The summed E-state index contributed by atoms with van der Waals surface area (Å²) in [6, 6.07) is 5.00. The second-order valence-corrected chi connectivity index (χ2v) is 4.27. The number of carbonyl (C=O) groups is 2. The monoisotopic (exact) mass is 287 g/mol. The quantitative estimate of drug-likeness (QED) is 0.804. The standard InChI is InChI=1S/C14H13N3O4/c1-2-6-16(9-12(18)19)13(20)10-8-15-11-5-3-4-7-17(11)14(10)21/h2-5,7-8H,1,6,9H2,(H,18,19). The van der Waals surface area contributed by atoms with E-state index < -0.39 is 24.0 Å². The van der Waals surface area contributed by atoms with Crippen LogP contribution in [0.5, 0.6) is 0 Å². The lowest BCUT2D eigenvalue weighted by atomic mass is 10.2. The van der Waals surface area contributed by atoms with E-state index in [4.69, 9.17) is 5.11 Å². The number of hydrogen-bond acceptors (Lipinski definition) is 4. The van der Waals surface area contributed by atoms with Gasteiger partial charge < -0.3 is 10.0 Å². The second-order valence-electron chi connectivity index (χ2n) is 4.27. The first kappa shape index (κ1) is 14.4. The van der Waals surface area contributed by atoms with Crippen molar-refractivity contribution in [2.75, 3.05) is 13.1 Å². The van der Waals surface area contributed by atoms with Gasteiger partial charge in [0.1, 0.15) is 17.8 Å². The second kappa shape index (κ2) is 6.00. The van der Waals surface area contributed by atoms with Gasteiger partial charge in [-0.1, -0.05) is 12.1 Å². The minimum absolute atomic E-state index is 0.0298. The predicted molar refractivity (Wildman–Crippen MR) is 75.2 cm³/mol. The van der Waals surface area contributed by atoms with Crippen LogP contribution in [0.25, 0.3) is 5.65 Å². The Bertz CT molecular complexity index is 766. The van der Waals surface area contributed by atoms with E-state index in [-0.39, 0.29) is 12.1 Å². The van der Waals surface area contributed by atoms with Gasteiger partial charge in [-0.25, -0.2) is 4.98 Å². The van der Waals surface area contributed by atoms with Gasteiger partial charge in [0.2, 0.25) is 0 Å². The van der Waals surface area contributed by atoms with Gasteiger partial charge in [0.15, 0.2) is 0 Å². The summed E-state index contributed by atoms with van der Waals surface area (Å²) >= 11 is 0. The van der Waals surface area contributed by atoms with Crippen molar-refractivity contribution in [3.05, 3.63) is 59.2 Å². The Labute approximate surface area is 119 Å². The van der Waals surface area contributed by atoms with Crippen LogP contribution < -0.4 is 5.56 Å². The molecule has 2 heterocycles. The molecule has 108 valence electrons. The molecule has 2 aromatic heterocycles. The molecule has 0 aliphatic rings. The molecule has 0 aromatic carbocycles. The summed E-state index contributed by atoms with van der Waals surface area (Å²) < 4.78 is 1.24. The Balaban J connectivity index is 2.46. The molecule has 0 saturated heterocycles. The van der Waals surface area contributed by atoms with Crippen LogP contribution in [-0.2, 0) is 4.79 Å². The maximum Gasteiger partial charge on any atom is 0.323 e. The summed E-state index contributed by atoms with van der Waals surface area (Å²) in [5.41, 5.74) is -0.306. The Morgan fingerprint density at radius 3 is 2.86 bits per heavy atom. The Morgan fingerprint density at radius 1 is 1.43 bits per heavy atom. The van der Waals surface area contributed by atoms with E-state index in [1.807, 2.05) is 0 Å². The zero-order valence-electron chi connectivity index (χ0n) is 11.1. The number of pyridine rings is 1. The highest BCUT2D eigenvalue weighted by Crippen LogP contribution is 2.02. The van der Waals surface area contributed by atoms with Gasteiger partial charge >= 0.3 is 5.97 Å². The van der Waals surface area contributed by atoms with Crippen molar-refractivity contribution in [1.29, 1.82) is 0 Å². The van der Waals surface area contributed by atoms with Gasteiger partial charge in [0, 0.05) is 18.9 Å². The fourth-order valence-corrected chi connectivity index (χ4v) is 1.88. The lowest BCUT2D eigenvalue weighted by Gasteiger charge is -2.18. The number of aliphatic carboxylic acids is 1. The minimum atomic E-state index is -1.17. The zero-order chi connectivity index (χ0) is 15.4. The fourth-order valence-electron chi connectivity index (χ4n) is 1.88. The van der Waals surface area contributed by atoms with Gasteiger partial charge in [-0.05, 0) is 12.1 Å². The van der Waals surface area contributed by atoms with Crippen molar-refractivity contribution >= 4 is 17.5 Å². The summed E-state index contributed by atoms with van der Waals surface area (Å²) in [6.45, 7) is 2.99. The van der Waals surface area contributed by atoms with Crippen LogP contribution in [0.3, 0.4) is 0 Å². The molecule has 7 heteroatoms. The van der Waals surface area contributed by atoms with Crippen LogP contribution >= 0.6 is 0 Å². The van der Waals surface area contributed by atoms with Crippen molar-refractivity contribution in [2.24, 2.45) is 0 Å². The number of hydrogen-bond donors (Lipinski definition) is 1. The first-order chi connectivity index (χ1) is 10.0. The smallest absolute Gasteiger partial charge is 0.323 e. The van der Waals surface area contributed by atoms with Gasteiger partial charge in [0.25, 0.3) is 11.5 Å². The lowest BCUT2D eigenvalue weighted by Crippen LogP contribution is -2.39. The number of nitrogens with zero attached hydrogens (tertiary/aromatic N) is 3. The van der Waals surface area contributed by atoms with Crippen LogP contribution in [0.4, 0.5) is 0 Å². The number of rotatable bonds is 5. The van der Waals surface area contributed by atoms with Crippen molar-refractivity contribution < 1.29 is 14.7 Å². The summed E-state index contributed by atoms with van der Waals surface area (Å²) in [7, 11) is 0. The molecule has 0 aliphatic heterocycles. The molecule has 0 aliphatic carbocycles. The highest BCUT2D eigenvalue weighted by atomic mass is 16.4. The van der Waals surface area contributed by atoms with Gasteiger partial charge in [-0.2, -0.15) is 0 Å². The number of fused-ring (bicyclic) bond motifs is 1. The molecule has 2 rings (SSSR count). The van der Waals surface area contributed by atoms with Crippen LogP contribution in [0.15, 0.2) is 48.0 Å².